The number of carbonyl (C=O) groups excluding carboxylic acids is 1. The molecule has 1 atom stereocenters. The van der Waals surface area contributed by atoms with Crippen molar-refractivity contribution in [3.63, 3.8) is 0 Å². The number of rotatable bonds is 5. The summed E-state index contributed by atoms with van der Waals surface area (Å²) in [5.74, 6) is 0.299. The fourth-order valence-corrected chi connectivity index (χ4v) is 3.26. The SMILES string of the molecule is Cc1cc(C)cc(-c2nnc(S[C@@H](C)C(=O)Nc3ccc(Cl)cc3)o2)c1. The van der Waals surface area contributed by atoms with Gasteiger partial charge >= 0.3 is 0 Å². The van der Waals surface area contributed by atoms with Crippen LogP contribution in [0.1, 0.15) is 18.1 Å². The number of carbonyl (C=O) groups is 1. The van der Waals surface area contributed by atoms with E-state index >= 15 is 0 Å². The Labute approximate surface area is 161 Å². The molecule has 1 amide bonds. The van der Waals surface area contributed by atoms with Gasteiger partial charge in [-0.05, 0) is 57.2 Å². The van der Waals surface area contributed by atoms with Crippen LogP contribution in [0, 0.1) is 13.8 Å². The van der Waals surface area contributed by atoms with E-state index in [0.29, 0.717) is 21.8 Å². The van der Waals surface area contributed by atoms with Gasteiger partial charge in [-0.2, -0.15) is 0 Å². The first-order valence-corrected chi connectivity index (χ1v) is 9.32. The van der Waals surface area contributed by atoms with E-state index < -0.39 is 5.25 Å². The third kappa shape index (κ3) is 4.65. The minimum atomic E-state index is -0.391. The highest BCUT2D eigenvalue weighted by Gasteiger charge is 2.19. The van der Waals surface area contributed by atoms with E-state index in [1.54, 1.807) is 31.2 Å². The molecule has 0 fully saturated rings. The summed E-state index contributed by atoms with van der Waals surface area (Å²) in [6.45, 7) is 5.83. The quantitative estimate of drug-likeness (QED) is 0.615. The molecule has 2 aromatic carbocycles. The van der Waals surface area contributed by atoms with Crippen molar-refractivity contribution in [2.24, 2.45) is 0 Å². The maximum Gasteiger partial charge on any atom is 0.277 e. The molecule has 0 aliphatic rings. The Kier molecular flexibility index (Phi) is 5.64. The van der Waals surface area contributed by atoms with Gasteiger partial charge in [-0.1, -0.05) is 40.6 Å². The summed E-state index contributed by atoms with van der Waals surface area (Å²) >= 11 is 7.07. The van der Waals surface area contributed by atoms with E-state index in [-0.39, 0.29) is 5.91 Å². The number of aryl methyl sites for hydroxylation is 2. The van der Waals surface area contributed by atoms with Gasteiger partial charge in [0.15, 0.2) is 0 Å². The normalized spacial score (nSPS) is 12.0. The third-order valence-corrected chi connectivity index (χ3v) is 4.82. The lowest BCUT2D eigenvalue weighted by Gasteiger charge is -2.09. The molecule has 1 aromatic heterocycles. The molecule has 1 heterocycles. The molecule has 26 heavy (non-hydrogen) atoms. The largest absolute Gasteiger partial charge is 0.411 e. The van der Waals surface area contributed by atoms with Crippen LogP contribution in [-0.4, -0.2) is 21.4 Å². The fourth-order valence-electron chi connectivity index (χ4n) is 2.45. The Morgan fingerprint density at radius 1 is 1.12 bits per heavy atom. The van der Waals surface area contributed by atoms with Gasteiger partial charge in [0.25, 0.3) is 5.22 Å². The van der Waals surface area contributed by atoms with Crippen LogP contribution in [0.2, 0.25) is 5.02 Å². The van der Waals surface area contributed by atoms with Crippen molar-refractivity contribution in [1.29, 1.82) is 0 Å². The molecular weight excluding hydrogens is 370 g/mol. The summed E-state index contributed by atoms with van der Waals surface area (Å²) in [5.41, 5.74) is 3.82. The van der Waals surface area contributed by atoms with E-state index in [2.05, 4.69) is 21.6 Å². The lowest BCUT2D eigenvalue weighted by molar-refractivity contribution is -0.115. The topological polar surface area (TPSA) is 68.0 Å². The van der Waals surface area contributed by atoms with E-state index in [1.165, 1.54) is 11.8 Å². The second-order valence-electron chi connectivity index (χ2n) is 6.01. The summed E-state index contributed by atoms with van der Waals surface area (Å²) < 4.78 is 5.71. The molecule has 5 nitrogen and oxygen atoms in total. The number of nitrogens with zero attached hydrogens (tertiary/aromatic N) is 2. The molecule has 0 saturated heterocycles. The Hall–Kier alpha value is -2.31. The number of hydrogen-bond acceptors (Lipinski definition) is 5. The highest BCUT2D eigenvalue weighted by molar-refractivity contribution is 8.00. The second kappa shape index (κ2) is 7.93. The highest BCUT2D eigenvalue weighted by Crippen LogP contribution is 2.28. The highest BCUT2D eigenvalue weighted by atomic mass is 35.5. The predicted molar refractivity (Wildman–Crippen MR) is 105 cm³/mol. The molecule has 0 aliphatic heterocycles. The Morgan fingerprint density at radius 2 is 1.77 bits per heavy atom. The molecule has 3 rings (SSSR count). The van der Waals surface area contributed by atoms with Gasteiger partial charge in [-0.15, -0.1) is 10.2 Å². The summed E-state index contributed by atoms with van der Waals surface area (Å²) in [6, 6.07) is 13.0. The fraction of sp³-hybridized carbons (Fsp3) is 0.211. The molecule has 134 valence electrons. The Morgan fingerprint density at radius 3 is 2.42 bits per heavy atom. The van der Waals surface area contributed by atoms with Crippen molar-refractivity contribution in [3.05, 3.63) is 58.6 Å². The zero-order valence-corrected chi connectivity index (χ0v) is 16.2. The zero-order valence-electron chi connectivity index (χ0n) is 14.6. The third-order valence-electron chi connectivity index (χ3n) is 3.63. The Balaban J connectivity index is 1.66. The molecule has 7 heteroatoms. The van der Waals surface area contributed by atoms with Crippen LogP contribution < -0.4 is 5.32 Å². The van der Waals surface area contributed by atoms with Gasteiger partial charge < -0.3 is 9.73 Å². The first kappa shape index (κ1) is 18.5. The predicted octanol–water partition coefficient (Wildman–Crippen LogP) is 5.13. The van der Waals surface area contributed by atoms with Crippen molar-refractivity contribution < 1.29 is 9.21 Å². The van der Waals surface area contributed by atoms with Gasteiger partial charge in [0, 0.05) is 16.3 Å². The molecule has 3 aromatic rings. The standard InChI is InChI=1S/C19H18ClN3O2S/c1-11-8-12(2)10-14(9-11)18-22-23-19(25-18)26-13(3)17(24)21-16-6-4-15(20)5-7-16/h4-10,13H,1-3H3,(H,21,24)/t13-/m0/s1. The van der Waals surface area contributed by atoms with Crippen LogP contribution >= 0.6 is 23.4 Å². The summed E-state index contributed by atoms with van der Waals surface area (Å²) in [4.78, 5) is 12.3. The molecule has 0 aliphatic carbocycles. The van der Waals surface area contributed by atoms with E-state index in [0.717, 1.165) is 16.7 Å². The molecule has 0 unspecified atom stereocenters. The van der Waals surface area contributed by atoms with E-state index in [1.807, 2.05) is 26.0 Å². The van der Waals surface area contributed by atoms with Crippen LogP contribution in [-0.2, 0) is 4.79 Å². The smallest absolute Gasteiger partial charge is 0.277 e. The van der Waals surface area contributed by atoms with Crippen molar-refractivity contribution >= 4 is 35.0 Å². The van der Waals surface area contributed by atoms with Crippen LogP contribution in [0.15, 0.2) is 52.1 Å². The number of halogens is 1. The molecule has 1 N–H and O–H groups in total. The van der Waals surface area contributed by atoms with Crippen molar-refractivity contribution in [1.82, 2.24) is 10.2 Å². The number of aromatic nitrogens is 2. The van der Waals surface area contributed by atoms with E-state index in [9.17, 15) is 4.79 Å². The molecule has 0 spiro atoms. The van der Waals surface area contributed by atoms with Crippen LogP contribution in [0.25, 0.3) is 11.5 Å². The Bertz CT molecular complexity index is 905. The minimum absolute atomic E-state index is 0.150. The maximum atomic E-state index is 12.3. The van der Waals surface area contributed by atoms with Gasteiger partial charge in [0.05, 0.1) is 5.25 Å². The number of nitrogens with one attached hydrogen (secondary N) is 1. The minimum Gasteiger partial charge on any atom is -0.411 e. The molecule has 0 bridgehead atoms. The average Bonchev–Trinajstić information content (AvgIpc) is 3.04. The van der Waals surface area contributed by atoms with Crippen LogP contribution in [0.4, 0.5) is 5.69 Å². The second-order valence-corrected chi connectivity index (χ2v) is 7.73. The molecule has 0 saturated carbocycles. The van der Waals surface area contributed by atoms with Crippen molar-refractivity contribution in [2.45, 2.75) is 31.2 Å². The first-order valence-electron chi connectivity index (χ1n) is 8.06. The molecular formula is C19H18ClN3O2S. The van der Waals surface area contributed by atoms with Crippen molar-refractivity contribution in [3.8, 4) is 11.5 Å². The van der Waals surface area contributed by atoms with Crippen molar-refractivity contribution in [2.75, 3.05) is 5.32 Å². The molecule has 0 radical (unpaired) electrons. The van der Waals surface area contributed by atoms with E-state index in [4.69, 9.17) is 16.0 Å². The van der Waals surface area contributed by atoms with Gasteiger partial charge in [-0.25, -0.2) is 0 Å². The van der Waals surface area contributed by atoms with Crippen LogP contribution in [0.5, 0.6) is 0 Å². The van der Waals surface area contributed by atoms with Gasteiger partial charge in [-0.3, -0.25) is 4.79 Å². The van der Waals surface area contributed by atoms with Crippen LogP contribution in [0.3, 0.4) is 0 Å². The average molecular weight is 388 g/mol. The summed E-state index contributed by atoms with van der Waals surface area (Å²) in [5, 5.41) is 11.6. The number of benzene rings is 2. The first-order chi connectivity index (χ1) is 12.4. The lowest BCUT2D eigenvalue weighted by atomic mass is 10.1. The number of hydrogen-bond donors (Lipinski definition) is 1. The maximum absolute atomic E-state index is 12.3. The summed E-state index contributed by atoms with van der Waals surface area (Å²) in [7, 11) is 0. The van der Waals surface area contributed by atoms with Gasteiger partial charge in [0.1, 0.15) is 0 Å². The number of amides is 1. The lowest BCUT2D eigenvalue weighted by Crippen LogP contribution is -2.22. The number of thioether (sulfide) groups is 1. The number of anilines is 1. The summed E-state index contributed by atoms with van der Waals surface area (Å²) in [6.07, 6.45) is 0. The van der Waals surface area contributed by atoms with Gasteiger partial charge in [0.2, 0.25) is 11.8 Å². The monoisotopic (exact) mass is 387 g/mol. The zero-order chi connectivity index (χ0) is 18.7.